The van der Waals surface area contributed by atoms with Crippen molar-refractivity contribution in [3.8, 4) is 0 Å². The van der Waals surface area contributed by atoms with Crippen molar-refractivity contribution in [1.82, 2.24) is 24.9 Å². The number of furan rings is 1. The smallest absolute Gasteiger partial charge is 0.289 e. The van der Waals surface area contributed by atoms with Crippen LogP contribution in [-0.2, 0) is 0 Å². The monoisotopic (exact) mass is 504 g/mol. The van der Waals surface area contributed by atoms with Gasteiger partial charge in [0.25, 0.3) is 5.91 Å². The predicted octanol–water partition coefficient (Wildman–Crippen LogP) is 0.867. The van der Waals surface area contributed by atoms with Crippen molar-refractivity contribution in [3.63, 3.8) is 0 Å². The van der Waals surface area contributed by atoms with Crippen molar-refractivity contribution in [2.45, 2.75) is 13.0 Å². The molecule has 2 fully saturated rings. The number of halogens is 1. The van der Waals surface area contributed by atoms with E-state index in [0.29, 0.717) is 24.9 Å². The molecule has 1 unspecified atom stereocenters. The van der Waals surface area contributed by atoms with E-state index < -0.39 is 0 Å². The number of carbonyl (C=O) groups is 1. The van der Waals surface area contributed by atoms with E-state index in [4.69, 9.17) is 9.41 Å². The summed E-state index contributed by atoms with van der Waals surface area (Å²) in [5.74, 6) is 1.33. The first-order valence-corrected chi connectivity index (χ1v) is 9.83. The van der Waals surface area contributed by atoms with Gasteiger partial charge in [-0.25, -0.2) is 0 Å². The molecule has 0 aliphatic carbocycles. The minimum Gasteiger partial charge on any atom is -0.459 e. The number of rotatable bonds is 4. The number of hydrogen-bond donors (Lipinski definition) is 1. The van der Waals surface area contributed by atoms with Crippen LogP contribution in [0, 0.1) is 0 Å². The molecule has 1 N–H and O–H groups in total. The van der Waals surface area contributed by atoms with Crippen molar-refractivity contribution < 1.29 is 9.21 Å². The Kier molecular flexibility index (Phi) is 9.03. The summed E-state index contributed by atoms with van der Waals surface area (Å²) in [5.41, 5.74) is 0. The van der Waals surface area contributed by atoms with E-state index in [1.165, 1.54) is 0 Å². The van der Waals surface area contributed by atoms with Gasteiger partial charge in [-0.05, 0) is 33.2 Å². The Balaban J connectivity index is 0.00000280. The summed E-state index contributed by atoms with van der Waals surface area (Å²) in [6.45, 7) is 9.86. The first-order valence-electron chi connectivity index (χ1n) is 9.83. The topological polar surface area (TPSA) is 67.6 Å². The predicted molar refractivity (Wildman–Crippen MR) is 121 cm³/mol. The van der Waals surface area contributed by atoms with Crippen LogP contribution in [0.3, 0.4) is 0 Å². The van der Waals surface area contributed by atoms with Crippen molar-refractivity contribution >= 4 is 35.8 Å². The Labute approximate surface area is 184 Å². The molecule has 1 aromatic rings. The molecular weight excluding hydrogens is 471 g/mol. The number of piperazine rings is 2. The number of amides is 1. The number of likely N-dealkylation sites (N-methyl/N-ethyl adjacent to an activating group) is 2. The SMILES string of the molecule is CCNC(=NCC1CN(C)CCN1C)N1CCN(C(=O)c2ccco2)CC1.I. The highest BCUT2D eigenvalue weighted by atomic mass is 127. The van der Waals surface area contributed by atoms with Crippen LogP contribution >= 0.6 is 24.0 Å². The van der Waals surface area contributed by atoms with E-state index in [1.807, 2.05) is 4.90 Å². The molecule has 9 heteroatoms. The highest BCUT2D eigenvalue weighted by Crippen LogP contribution is 2.11. The second-order valence-electron chi connectivity index (χ2n) is 7.35. The lowest BCUT2D eigenvalue weighted by molar-refractivity contribution is 0.0657. The third-order valence-corrected chi connectivity index (χ3v) is 5.37. The minimum absolute atomic E-state index is 0. The lowest BCUT2D eigenvalue weighted by atomic mass is 10.2. The van der Waals surface area contributed by atoms with E-state index in [2.05, 4.69) is 41.0 Å². The van der Waals surface area contributed by atoms with Gasteiger partial charge in [-0.3, -0.25) is 14.7 Å². The standard InChI is InChI=1S/C19H32N6O2.HI/c1-4-20-19(21-14-16-15-22(2)7-8-23(16)3)25-11-9-24(10-12-25)18(26)17-6-5-13-27-17;/h5-6,13,16H,4,7-12,14-15H2,1-3H3,(H,20,21);1H. The highest BCUT2D eigenvalue weighted by Gasteiger charge is 2.26. The Hall–Kier alpha value is -1.33. The molecule has 0 radical (unpaired) electrons. The molecule has 3 rings (SSSR count). The molecule has 3 heterocycles. The van der Waals surface area contributed by atoms with Crippen molar-refractivity contribution in [2.24, 2.45) is 4.99 Å². The molecule has 1 aromatic heterocycles. The van der Waals surface area contributed by atoms with Gasteiger partial charge < -0.3 is 24.4 Å². The summed E-state index contributed by atoms with van der Waals surface area (Å²) >= 11 is 0. The molecule has 2 aliphatic rings. The fourth-order valence-corrected chi connectivity index (χ4v) is 3.59. The third-order valence-electron chi connectivity index (χ3n) is 5.37. The summed E-state index contributed by atoms with van der Waals surface area (Å²) in [6, 6.07) is 3.91. The molecule has 0 spiro atoms. The van der Waals surface area contributed by atoms with Gasteiger partial charge >= 0.3 is 0 Å². The molecule has 0 aromatic carbocycles. The zero-order valence-corrected chi connectivity index (χ0v) is 19.5. The molecule has 0 saturated carbocycles. The Morgan fingerprint density at radius 2 is 1.89 bits per heavy atom. The van der Waals surface area contributed by atoms with E-state index in [9.17, 15) is 4.79 Å². The number of guanidine groups is 1. The van der Waals surface area contributed by atoms with Crippen molar-refractivity contribution in [2.75, 3.05) is 73.0 Å². The lowest BCUT2D eigenvalue weighted by Gasteiger charge is -2.38. The number of nitrogens with one attached hydrogen (secondary N) is 1. The summed E-state index contributed by atoms with van der Waals surface area (Å²) in [7, 11) is 4.35. The second kappa shape index (κ2) is 11.0. The van der Waals surface area contributed by atoms with Crippen molar-refractivity contribution in [3.05, 3.63) is 24.2 Å². The fourth-order valence-electron chi connectivity index (χ4n) is 3.59. The average Bonchev–Trinajstić information content (AvgIpc) is 3.22. The lowest BCUT2D eigenvalue weighted by Crippen LogP contribution is -2.54. The largest absolute Gasteiger partial charge is 0.459 e. The molecule has 158 valence electrons. The third kappa shape index (κ3) is 5.84. The Morgan fingerprint density at radius 3 is 2.54 bits per heavy atom. The summed E-state index contributed by atoms with van der Waals surface area (Å²) in [6.07, 6.45) is 1.54. The maximum Gasteiger partial charge on any atom is 0.289 e. The molecule has 0 bridgehead atoms. The fraction of sp³-hybridized carbons (Fsp3) is 0.684. The number of nitrogens with zero attached hydrogens (tertiary/aromatic N) is 5. The van der Waals surface area contributed by atoms with E-state index in [1.54, 1.807) is 18.4 Å². The van der Waals surface area contributed by atoms with Gasteiger partial charge in [-0.2, -0.15) is 0 Å². The number of aliphatic imine (C=N–C) groups is 1. The molecular formula is C19H33IN6O2. The van der Waals surface area contributed by atoms with E-state index in [-0.39, 0.29) is 29.9 Å². The van der Waals surface area contributed by atoms with E-state index in [0.717, 1.165) is 51.8 Å². The number of hydrogen-bond acceptors (Lipinski definition) is 5. The Bertz CT molecular complexity index is 630. The minimum atomic E-state index is -0.0338. The zero-order valence-electron chi connectivity index (χ0n) is 17.1. The summed E-state index contributed by atoms with van der Waals surface area (Å²) < 4.78 is 5.24. The maximum atomic E-state index is 12.4. The molecule has 2 saturated heterocycles. The summed E-state index contributed by atoms with van der Waals surface area (Å²) in [4.78, 5) is 26.2. The van der Waals surface area contributed by atoms with Crippen LogP contribution in [0.25, 0.3) is 0 Å². The number of carbonyl (C=O) groups excluding carboxylic acids is 1. The van der Waals surface area contributed by atoms with Gasteiger partial charge in [0.1, 0.15) is 0 Å². The van der Waals surface area contributed by atoms with Gasteiger partial charge in [0.2, 0.25) is 0 Å². The van der Waals surface area contributed by atoms with Gasteiger partial charge in [-0.15, -0.1) is 24.0 Å². The van der Waals surface area contributed by atoms with Gasteiger partial charge in [0.15, 0.2) is 11.7 Å². The maximum absolute atomic E-state index is 12.4. The van der Waals surface area contributed by atoms with Crippen LogP contribution in [0.5, 0.6) is 0 Å². The van der Waals surface area contributed by atoms with Gasteiger partial charge in [-0.1, -0.05) is 0 Å². The normalized spacial score (nSPS) is 22.1. The van der Waals surface area contributed by atoms with Crippen LogP contribution in [0.2, 0.25) is 0 Å². The molecule has 28 heavy (non-hydrogen) atoms. The van der Waals surface area contributed by atoms with E-state index >= 15 is 0 Å². The highest BCUT2D eigenvalue weighted by molar-refractivity contribution is 14.0. The van der Waals surface area contributed by atoms with Gasteiger partial charge in [0.05, 0.1) is 12.8 Å². The van der Waals surface area contributed by atoms with Crippen LogP contribution in [-0.4, -0.2) is 111 Å². The van der Waals surface area contributed by atoms with Crippen LogP contribution in [0.15, 0.2) is 27.8 Å². The molecule has 8 nitrogen and oxygen atoms in total. The van der Waals surface area contributed by atoms with Crippen LogP contribution in [0.1, 0.15) is 17.5 Å². The van der Waals surface area contributed by atoms with Crippen LogP contribution in [0.4, 0.5) is 0 Å². The molecule has 2 aliphatic heterocycles. The quantitative estimate of drug-likeness (QED) is 0.373. The first kappa shape index (κ1) is 23.0. The Morgan fingerprint density at radius 1 is 1.18 bits per heavy atom. The van der Waals surface area contributed by atoms with Crippen LogP contribution < -0.4 is 5.32 Å². The average molecular weight is 504 g/mol. The van der Waals surface area contributed by atoms with Crippen molar-refractivity contribution in [1.29, 1.82) is 0 Å². The molecule has 1 amide bonds. The zero-order chi connectivity index (χ0) is 19.2. The molecule has 1 atom stereocenters. The second-order valence-corrected chi connectivity index (χ2v) is 7.35. The van der Waals surface area contributed by atoms with Gasteiger partial charge in [0, 0.05) is 58.4 Å². The summed E-state index contributed by atoms with van der Waals surface area (Å²) in [5, 5.41) is 3.41. The first-order chi connectivity index (χ1) is 13.1.